The Labute approximate surface area is 157 Å². The molecule has 1 aliphatic rings. The van der Waals surface area contributed by atoms with Gasteiger partial charge in [0.1, 0.15) is 0 Å². The van der Waals surface area contributed by atoms with E-state index in [1.807, 2.05) is 16.5 Å². The number of hydrogen-bond donors (Lipinski definition) is 1. The number of aryl methyl sites for hydroxylation is 1. The lowest BCUT2D eigenvalue weighted by Crippen LogP contribution is -2.37. The summed E-state index contributed by atoms with van der Waals surface area (Å²) in [5.74, 6) is 0.708. The van der Waals surface area contributed by atoms with Gasteiger partial charge in [-0.15, -0.1) is 0 Å². The molecule has 1 saturated heterocycles. The molecule has 0 aromatic carbocycles. The molecule has 0 radical (unpaired) electrons. The van der Waals surface area contributed by atoms with Gasteiger partial charge in [0.25, 0.3) is 0 Å². The number of rotatable bonds is 8. The topological polar surface area (TPSA) is 67.2 Å². The average molecular weight is 363 g/mol. The summed E-state index contributed by atoms with van der Waals surface area (Å²) >= 11 is 0. The molecule has 2 amide bonds. The summed E-state index contributed by atoms with van der Waals surface area (Å²) in [7, 11) is 0. The van der Waals surface area contributed by atoms with Crippen LogP contribution >= 0.6 is 0 Å². The second kappa shape index (κ2) is 9.74. The SMILES string of the molecule is Cc1nn(CC(C)C)c(C)c1CCC(=O)NCCC(=O)N1CCCCC1. The minimum absolute atomic E-state index is 0.00635. The van der Waals surface area contributed by atoms with Crippen LogP contribution in [-0.2, 0) is 22.6 Å². The van der Waals surface area contributed by atoms with Gasteiger partial charge in [-0.3, -0.25) is 14.3 Å². The molecule has 1 aromatic heterocycles. The fraction of sp³-hybridized carbons (Fsp3) is 0.750. The molecule has 0 spiro atoms. The first-order valence-electron chi connectivity index (χ1n) is 9.95. The third-order valence-electron chi connectivity index (χ3n) is 5.04. The maximum absolute atomic E-state index is 12.1. The largest absolute Gasteiger partial charge is 0.356 e. The van der Waals surface area contributed by atoms with Crippen molar-refractivity contribution in [2.24, 2.45) is 5.92 Å². The Morgan fingerprint density at radius 1 is 1.12 bits per heavy atom. The van der Waals surface area contributed by atoms with Gasteiger partial charge in [0.05, 0.1) is 5.69 Å². The molecule has 1 fully saturated rings. The van der Waals surface area contributed by atoms with Gasteiger partial charge < -0.3 is 10.2 Å². The number of piperidine rings is 1. The van der Waals surface area contributed by atoms with Crippen molar-refractivity contribution in [1.82, 2.24) is 20.0 Å². The van der Waals surface area contributed by atoms with Gasteiger partial charge in [-0.2, -0.15) is 5.10 Å². The van der Waals surface area contributed by atoms with Crippen molar-refractivity contribution in [2.75, 3.05) is 19.6 Å². The van der Waals surface area contributed by atoms with Gasteiger partial charge >= 0.3 is 0 Å². The zero-order valence-electron chi connectivity index (χ0n) is 16.8. The lowest BCUT2D eigenvalue weighted by atomic mass is 10.1. The van der Waals surface area contributed by atoms with E-state index in [0.29, 0.717) is 31.7 Å². The van der Waals surface area contributed by atoms with E-state index in [9.17, 15) is 9.59 Å². The fourth-order valence-corrected chi connectivity index (χ4v) is 3.56. The van der Waals surface area contributed by atoms with E-state index in [-0.39, 0.29) is 11.8 Å². The van der Waals surface area contributed by atoms with E-state index in [0.717, 1.165) is 43.9 Å². The quantitative estimate of drug-likeness (QED) is 0.773. The summed E-state index contributed by atoms with van der Waals surface area (Å²) in [5.41, 5.74) is 3.34. The van der Waals surface area contributed by atoms with Gasteiger partial charge in [-0.25, -0.2) is 0 Å². The molecule has 0 aliphatic carbocycles. The highest BCUT2D eigenvalue weighted by atomic mass is 16.2. The maximum Gasteiger partial charge on any atom is 0.224 e. The molecule has 0 atom stereocenters. The molecule has 26 heavy (non-hydrogen) atoms. The number of carbonyl (C=O) groups is 2. The molecule has 1 aromatic rings. The Morgan fingerprint density at radius 3 is 2.46 bits per heavy atom. The lowest BCUT2D eigenvalue weighted by Gasteiger charge is -2.26. The van der Waals surface area contributed by atoms with Crippen LogP contribution in [0.5, 0.6) is 0 Å². The third kappa shape index (κ3) is 5.85. The van der Waals surface area contributed by atoms with Crippen LogP contribution in [0, 0.1) is 19.8 Å². The van der Waals surface area contributed by atoms with E-state index in [4.69, 9.17) is 0 Å². The van der Waals surface area contributed by atoms with Crippen LogP contribution in [0.25, 0.3) is 0 Å². The van der Waals surface area contributed by atoms with Crippen LogP contribution in [0.1, 0.15) is 62.9 Å². The maximum atomic E-state index is 12.1. The summed E-state index contributed by atoms with van der Waals surface area (Å²) in [6, 6.07) is 0. The van der Waals surface area contributed by atoms with Crippen molar-refractivity contribution in [1.29, 1.82) is 0 Å². The summed E-state index contributed by atoms with van der Waals surface area (Å²) in [6.07, 6.45) is 4.94. The molecule has 2 heterocycles. The molecule has 2 rings (SSSR count). The van der Waals surface area contributed by atoms with Crippen molar-refractivity contribution in [2.45, 2.75) is 72.8 Å². The number of nitrogens with zero attached hydrogens (tertiary/aromatic N) is 3. The molecular formula is C20H34N4O2. The summed E-state index contributed by atoms with van der Waals surface area (Å²) in [5, 5.41) is 7.49. The van der Waals surface area contributed by atoms with Crippen molar-refractivity contribution < 1.29 is 9.59 Å². The van der Waals surface area contributed by atoms with Crippen LogP contribution in [0.3, 0.4) is 0 Å². The van der Waals surface area contributed by atoms with Gasteiger partial charge in [-0.1, -0.05) is 13.8 Å². The van der Waals surface area contributed by atoms with Crippen molar-refractivity contribution in [3.63, 3.8) is 0 Å². The Balaban J connectivity index is 1.73. The highest BCUT2D eigenvalue weighted by Crippen LogP contribution is 2.16. The zero-order chi connectivity index (χ0) is 19.1. The van der Waals surface area contributed by atoms with Crippen molar-refractivity contribution >= 4 is 11.8 Å². The van der Waals surface area contributed by atoms with E-state index < -0.39 is 0 Å². The number of aromatic nitrogens is 2. The highest BCUT2D eigenvalue weighted by Gasteiger charge is 2.17. The molecule has 1 aliphatic heterocycles. The fourth-order valence-electron chi connectivity index (χ4n) is 3.56. The Bertz CT molecular complexity index is 616. The molecule has 146 valence electrons. The minimum atomic E-state index is 0.00635. The van der Waals surface area contributed by atoms with E-state index >= 15 is 0 Å². The lowest BCUT2D eigenvalue weighted by molar-refractivity contribution is -0.132. The monoisotopic (exact) mass is 362 g/mol. The second-order valence-corrected chi connectivity index (χ2v) is 7.77. The van der Waals surface area contributed by atoms with Gasteiger partial charge in [0.2, 0.25) is 11.8 Å². The molecule has 0 saturated carbocycles. The number of hydrogen-bond acceptors (Lipinski definition) is 3. The predicted octanol–water partition coefficient (Wildman–Crippen LogP) is 2.61. The van der Waals surface area contributed by atoms with Crippen LogP contribution in [0.4, 0.5) is 0 Å². The first-order valence-corrected chi connectivity index (χ1v) is 9.95. The molecule has 6 nitrogen and oxygen atoms in total. The minimum Gasteiger partial charge on any atom is -0.356 e. The van der Waals surface area contributed by atoms with E-state index in [2.05, 4.69) is 31.2 Å². The molecule has 1 N–H and O–H groups in total. The first kappa shape index (κ1) is 20.5. The summed E-state index contributed by atoms with van der Waals surface area (Å²) in [6.45, 7) is 11.5. The molecule has 0 unspecified atom stereocenters. The molecular weight excluding hydrogens is 328 g/mol. The van der Waals surface area contributed by atoms with Gasteiger partial charge in [0, 0.05) is 44.7 Å². The zero-order valence-corrected chi connectivity index (χ0v) is 16.8. The van der Waals surface area contributed by atoms with Gasteiger partial charge in [-0.05, 0) is 51.0 Å². The van der Waals surface area contributed by atoms with Crippen molar-refractivity contribution in [3.8, 4) is 0 Å². The number of likely N-dealkylation sites (tertiary alicyclic amines) is 1. The van der Waals surface area contributed by atoms with E-state index in [1.54, 1.807) is 0 Å². The predicted molar refractivity (Wildman–Crippen MR) is 103 cm³/mol. The summed E-state index contributed by atoms with van der Waals surface area (Å²) in [4.78, 5) is 26.1. The highest BCUT2D eigenvalue weighted by molar-refractivity contribution is 5.79. The van der Waals surface area contributed by atoms with Crippen LogP contribution in [-0.4, -0.2) is 46.1 Å². The smallest absolute Gasteiger partial charge is 0.224 e. The standard InChI is InChI=1S/C20H34N4O2/c1-15(2)14-24-17(4)18(16(3)22-24)8-9-19(25)21-11-10-20(26)23-12-6-5-7-13-23/h15H,5-14H2,1-4H3,(H,21,25). The van der Waals surface area contributed by atoms with Crippen molar-refractivity contribution in [3.05, 3.63) is 17.0 Å². The van der Waals surface area contributed by atoms with Crippen LogP contribution in [0.15, 0.2) is 0 Å². The molecule has 6 heteroatoms. The Morgan fingerprint density at radius 2 is 1.81 bits per heavy atom. The van der Waals surface area contributed by atoms with Crippen LogP contribution < -0.4 is 5.32 Å². The second-order valence-electron chi connectivity index (χ2n) is 7.77. The number of carbonyl (C=O) groups excluding carboxylic acids is 2. The summed E-state index contributed by atoms with van der Waals surface area (Å²) < 4.78 is 2.05. The number of nitrogens with one attached hydrogen (secondary N) is 1. The van der Waals surface area contributed by atoms with Gasteiger partial charge in [0.15, 0.2) is 0 Å². The Kier molecular flexibility index (Phi) is 7.66. The average Bonchev–Trinajstić information content (AvgIpc) is 2.86. The number of amides is 2. The third-order valence-corrected chi connectivity index (χ3v) is 5.04. The molecule has 0 bridgehead atoms. The van der Waals surface area contributed by atoms with Crippen LogP contribution in [0.2, 0.25) is 0 Å². The first-order chi connectivity index (χ1) is 12.4. The van der Waals surface area contributed by atoms with E-state index in [1.165, 1.54) is 12.0 Å². The normalized spacial score (nSPS) is 14.7. The Hall–Kier alpha value is -1.85.